The van der Waals surface area contributed by atoms with Gasteiger partial charge in [0, 0.05) is 23.5 Å². The Kier molecular flexibility index (Phi) is 3.02. The van der Waals surface area contributed by atoms with Gasteiger partial charge in [-0.25, -0.2) is 4.98 Å². The summed E-state index contributed by atoms with van der Waals surface area (Å²) in [5.74, 6) is 0. The third kappa shape index (κ3) is 2.47. The number of thiazole rings is 1. The minimum atomic E-state index is 0.739. The number of hydrogen-bond acceptors (Lipinski definition) is 3. The third-order valence-corrected chi connectivity index (χ3v) is 4.57. The summed E-state index contributed by atoms with van der Waals surface area (Å²) in [5, 5.41) is 9.41. The lowest BCUT2D eigenvalue weighted by atomic mass is 10.1. The average Bonchev–Trinajstić information content (AvgIpc) is 3.21. The van der Waals surface area contributed by atoms with Crippen LogP contribution in [0, 0.1) is 0 Å². The van der Waals surface area contributed by atoms with E-state index in [0.29, 0.717) is 0 Å². The van der Waals surface area contributed by atoms with Gasteiger partial charge in [-0.15, -0.1) is 11.3 Å². The lowest BCUT2D eigenvalue weighted by Gasteiger charge is -2.01. The monoisotopic (exact) mass is 280 g/mol. The summed E-state index contributed by atoms with van der Waals surface area (Å²) in [6.45, 7) is 0.906. The van der Waals surface area contributed by atoms with Gasteiger partial charge < -0.3 is 5.32 Å². The van der Waals surface area contributed by atoms with Gasteiger partial charge in [0.15, 0.2) is 0 Å². The average molecular weight is 280 g/mol. The molecule has 2 aromatic carbocycles. The molecule has 1 saturated carbocycles. The largest absolute Gasteiger partial charge is 0.308 e. The molecule has 0 radical (unpaired) electrons. The first-order chi connectivity index (χ1) is 9.88. The molecule has 0 amide bonds. The zero-order valence-corrected chi connectivity index (χ0v) is 12.0. The molecule has 4 rings (SSSR count). The van der Waals surface area contributed by atoms with Gasteiger partial charge in [-0.05, 0) is 29.7 Å². The maximum atomic E-state index is 4.74. The molecule has 1 N–H and O–H groups in total. The van der Waals surface area contributed by atoms with Crippen molar-refractivity contribution in [2.24, 2.45) is 0 Å². The highest BCUT2D eigenvalue weighted by Crippen LogP contribution is 2.26. The topological polar surface area (TPSA) is 24.9 Å². The van der Waals surface area contributed by atoms with E-state index in [1.54, 1.807) is 11.3 Å². The van der Waals surface area contributed by atoms with Gasteiger partial charge in [0.05, 0.1) is 5.69 Å². The fraction of sp³-hybridized carbons (Fsp3) is 0.235. The van der Waals surface area contributed by atoms with Crippen molar-refractivity contribution in [1.82, 2.24) is 10.3 Å². The normalized spacial score (nSPS) is 14.8. The molecular weight excluding hydrogens is 264 g/mol. The van der Waals surface area contributed by atoms with Crippen molar-refractivity contribution >= 4 is 22.1 Å². The van der Waals surface area contributed by atoms with Gasteiger partial charge in [0.2, 0.25) is 0 Å². The zero-order valence-electron chi connectivity index (χ0n) is 11.2. The Morgan fingerprint density at radius 1 is 1.10 bits per heavy atom. The van der Waals surface area contributed by atoms with Crippen LogP contribution in [-0.4, -0.2) is 11.0 Å². The molecule has 0 bridgehead atoms. The number of nitrogens with zero attached hydrogens (tertiary/aromatic N) is 1. The first-order valence-corrected chi connectivity index (χ1v) is 7.93. The number of nitrogens with one attached hydrogen (secondary N) is 1. The molecule has 0 atom stereocenters. The number of hydrogen-bond donors (Lipinski definition) is 1. The Labute approximate surface area is 122 Å². The van der Waals surface area contributed by atoms with Gasteiger partial charge in [-0.2, -0.15) is 0 Å². The molecule has 20 heavy (non-hydrogen) atoms. The lowest BCUT2D eigenvalue weighted by molar-refractivity contribution is 0.685. The Morgan fingerprint density at radius 3 is 2.80 bits per heavy atom. The molecule has 100 valence electrons. The Bertz CT molecular complexity index is 743. The van der Waals surface area contributed by atoms with Crippen LogP contribution in [0.15, 0.2) is 47.8 Å². The van der Waals surface area contributed by atoms with E-state index in [-0.39, 0.29) is 0 Å². The standard InChI is InChI=1S/C17H16N2S/c1-2-4-13-9-14(6-5-12(13)3-1)16-11-20-17(19-16)10-18-15-7-8-15/h1-6,9,11,15,18H,7-8,10H2. The number of aromatic nitrogens is 1. The molecule has 2 nitrogen and oxygen atoms in total. The molecule has 0 spiro atoms. The van der Waals surface area contributed by atoms with E-state index in [1.807, 2.05) is 0 Å². The van der Waals surface area contributed by atoms with Crippen molar-refractivity contribution in [2.75, 3.05) is 0 Å². The van der Waals surface area contributed by atoms with Crippen molar-refractivity contribution < 1.29 is 0 Å². The molecular formula is C17H16N2S. The lowest BCUT2D eigenvalue weighted by Crippen LogP contribution is -2.14. The predicted molar refractivity (Wildman–Crippen MR) is 84.9 cm³/mol. The fourth-order valence-electron chi connectivity index (χ4n) is 2.39. The predicted octanol–water partition coefficient (Wildman–Crippen LogP) is 4.22. The first-order valence-electron chi connectivity index (χ1n) is 7.05. The maximum absolute atomic E-state index is 4.74. The van der Waals surface area contributed by atoms with Crippen LogP contribution in [0.4, 0.5) is 0 Å². The molecule has 1 fully saturated rings. The summed E-state index contributed by atoms with van der Waals surface area (Å²) in [6, 6.07) is 15.8. The number of benzene rings is 2. The highest BCUT2D eigenvalue weighted by atomic mass is 32.1. The molecule has 0 aliphatic heterocycles. The minimum absolute atomic E-state index is 0.739. The SMILES string of the molecule is c1ccc2cc(-c3csc(CNC4CC4)n3)ccc2c1. The van der Waals surface area contributed by atoms with Crippen LogP contribution in [0.5, 0.6) is 0 Å². The van der Waals surface area contributed by atoms with Crippen molar-refractivity contribution in [3.8, 4) is 11.3 Å². The van der Waals surface area contributed by atoms with Gasteiger partial charge in [0.25, 0.3) is 0 Å². The second-order valence-electron chi connectivity index (χ2n) is 5.34. The molecule has 3 aromatic rings. The molecule has 1 aliphatic carbocycles. The fourth-order valence-corrected chi connectivity index (χ4v) is 3.15. The van der Waals surface area contributed by atoms with Crippen LogP contribution in [0.2, 0.25) is 0 Å². The van der Waals surface area contributed by atoms with E-state index >= 15 is 0 Å². The maximum Gasteiger partial charge on any atom is 0.107 e. The highest BCUT2D eigenvalue weighted by molar-refractivity contribution is 7.09. The summed E-state index contributed by atoms with van der Waals surface area (Å²) >= 11 is 1.75. The number of fused-ring (bicyclic) bond motifs is 1. The van der Waals surface area contributed by atoms with Gasteiger partial charge >= 0.3 is 0 Å². The van der Waals surface area contributed by atoms with E-state index < -0.39 is 0 Å². The summed E-state index contributed by atoms with van der Waals surface area (Å²) in [6.07, 6.45) is 2.64. The molecule has 0 unspecified atom stereocenters. The quantitative estimate of drug-likeness (QED) is 0.774. The summed E-state index contributed by atoms with van der Waals surface area (Å²) < 4.78 is 0. The minimum Gasteiger partial charge on any atom is -0.308 e. The van der Waals surface area contributed by atoms with Gasteiger partial charge in [0.1, 0.15) is 5.01 Å². The first kappa shape index (κ1) is 12.1. The highest BCUT2D eigenvalue weighted by Gasteiger charge is 2.20. The van der Waals surface area contributed by atoms with Crippen LogP contribution in [-0.2, 0) is 6.54 Å². The van der Waals surface area contributed by atoms with Crippen LogP contribution < -0.4 is 5.32 Å². The van der Waals surface area contributed by atoms with Gasteiger partial charge in [-0.1, -0.05) is 36.4 Å². The molecule has 1 aliphatic rings. The molecule has 0 saturated heterocycles. The number of rotatable bonds is 4. The Balaban J connectivity index is 1.60. The smallest absolute Gasteiger partial charge is 0.107 e. The van der Waals surface area contributed by atoms with E-state index in [1.165, 1.54) is 34.2 Å². The molecule has 1 aromatic heterocycles. The van der Waals surface area contributed by atoms with E-state index in [0.717, 1.165) is 18.3 Å². The van der Waals surface area contributed by atoms with Crippen molar-refractivity contribution in [1.29, 1.82) is 0 Å². The van der Waals surface area contributed by atoms with Crippen LogP contribution in [0.1, 0.15) is 17.8 Å². The Hall–Kier alpha value is -1.71. The molecule has 3 heteroatoms. The van der Waals surface area contributed by atoms with Crippen molar-refractivity contribution in [3.05, 3.63) is 52.9 Å². The summed E-state index contributed by atoms with van der Waals surface area (Å²) in [7, 11) is 0. The van der Waals surface area contributed by atoms with Crippen LogP contribution >= 0.6 is 11.3 Å². The second kappa shape index (κ2) is 5.00. The van der Waals surface area contributed by atoms with Crippen LogP contribution in [0.25, 0.3) is 22.0 Å². The van der Waals surface area contributed by atoms with E-state index in [2.05, 4.69) is 53.2 Å². The summed E-state index contributed by atoms with van der Waals surface area (Å²) in [5.41, 5.74) is 2.30. The van der Waals surface area contributed by atoms with Crippen molar-refractivity contribution in [2.45, 2.75) is 25.4 Å². The molecule has 1 heterocycles. The third-order valence-electron chi connectivity index (χ3n) is 3.72. The van der Waals surface area contributed by atoms with Crippen LogP contribution in [0.3, 0.4) is 0 Å². The van der Waals surface area contributed by atoms with Crippen molar-refractivity contribution in [3.63, 3.8) is 0 Å². The Morgan fingerprint density at radius 2 is 1.95 bits per heavy atom. The van der Waals surface area contributed by atoms with E-state index in [4.69, 9.17) is 4.98 Å². The van der Waals surface area contributed by atoms with Gasteiger partial charge in [-0.3, -0.25) is 0 Å². The summed E-state index contributed by atoms with van der Waals surface area (Å²) in [4.78, 5) is 4.74. The zero-order chi connectivity index (χ0) is 13.4. The van der Waals surface area contributed by atoms with E-state index in [9.17, 15) is 0 Å². The second-order valence-corrected chi connectivity index (χ2v) is 6.29.